The Morgan fingerprint density at radius 3 is 2.55 bits per heavy atom. The normalized spacial score (nSPS) is 16.6. The van der Waals surface area contributed by atoms with Gasteiger partial charge in [0.25, 0.3) is 0 Å². The zero-order valence-electron chi connectivity index (χ0n) is 12.6. The molecule has 22 heavy (non-hydrogen) atoms. The van der Waals surface area contributed by atoms with E-state index >= 15 is 0 Å². The van der Waals surface area contributed by atoms with Gasteiger partial charge in [-0.05, 0) is 48.3 Å². The van der Waals surface area contributed by atoms with Gasteiger partial charge in [0.15, 0.2) is 5.78 Å². The summed E-state index contributed by atoms with van der Waals surface area (Å²) in [6, 6.07) is 6.59. The third-order valence-corrected chi connectivity index (χ3v) is 3.60. The van der Waals surface area contributed by atoms with Crippen LogP contribution in [0.3, 0.4) is 0 Å². The van der Waals surface area contributed by atoms with Gasteiger partial charge < -0.3 is 4.84 Å². The van der Waals surface area contributed by atoms with E-state index in [1.54, 1.807) is 37.3 Å². The third-order valence-electron chi connectivity index (χ3n) is 3.27. The van der Waals surface area contributed by atoms with Crippen LogP contribution in [0.1, 0.15) is 31.1 Å². The molecule has 1 aromatic rings. The number of nitrogens with zero attached hydrogens (tertiary/aromatic N) is 1. The Hall–Kier alpha value is -2.20. The summed E-state index contributed by atoms with van der Waals surface area (Å²) in [6.45, 7) is 5.58. The number of ketones is 1. The van der Waals surface area contributed by atoms with Crippen molar-refractivity contribution < 1.29 is 14.4 Å². The van der Waals surface area contributed by atoms with Gasteiger partial charge in [0.2, 0.25) is 0 Å². The number of hydrogen-bond donors (Lipinski definition) is 0. The first kappa shape index (κ1) is 16.2. The van der Waals surface area contributed by atoms with E-state index < -0.39 is 5.97 Å². The fourth-order valence-corrected chi connectivity index (χ4v) is 2.21. The molecule has 0 N–H and O–H groups in total. The zero-order chi connectivity index (χ0) is 16.3. The smallest absolute Gasteiger partial charge is 0.312 e. The third kappa shape index (κ3) is 3.52. The van der Waals surface area contributed by atoms with E-state index in [0.717, 1.165) is 5.57 Å². The summed E-state index contributed by atoms with van der Waals surface area (Å²) in [7, 11) is 0. The molecule has 1 aliphatic rings. The summed E-state index contributed by atoms with van der Waals surface area (Å²) < 4.78 is 0. The Morgan fingerprint density at radius 2 is 1.91 bits per heavy atom. The van der Waals surface area contributed by atoms with Gasteiger partial charge in [-0.15, -0.1) is 0 Å². The molecular weight excluding hydrogens is 302 g/mol. The molecule has 0 aliphatic heterocycles. The second-order valence-corrected chi connectivity index (χ2v) is 5.69. The van der Waals surface area contributed by atoms with E-state index in [-0.39, 0.29) is 17.3 Å². The SMILES string of the molecule is CC1=C/C(=N/OC(=O)c2ccccc2Cl)C(C(C)C)=CC1=O. The highest BCUT2D eigenvalue weighted by Gasteiger charge is 2.20. The first-order chi connectivity index (χ1) is 10.4. The molecule has 0 aromatic heterocycles. The van der Waals surface area contributed by atoms with Gasteiger partial charge in [-0.3, -0.25) is 4.79 Å². The number of halogens is 1. The minimum atomic E-state index is -0.635. The summed E-state index contributed by atoms with van der Waals surface area (Å²) in [6.07, 6.45) is 3.15. The Morgan fingerprint density at radius 1 is 1.23 bits per heavy atom. The number of hydrogen-bond acceptors (Lipinski definition) is 4. The molecule has 0 bridgehead atoms. The number of benzene rings is 1. The average Bonchev–Trinajstić information content (AvgIpc) is 2.48. The molecule has 0 spiro atoms. The Labute approximate surface area is 134 Å². The van der Waals surface area contributed by atoms with Crippen molar-refractivity contribution in [1.29, 1.82) is 0 Å². The Bertz CT molecular complexity index is 714. The van der Waals surface area contributed by atoms with E-state index in [1.165, 1.54) is 6.08 Å². The topological polar surface area (TPSA) is 55.7 Å². The van der Waals surface area contributed by atoms with Gasteiger partial charge in [0.1, 0.15) is 5.71 Å². The molecule has 0 heterocycles. The maximum absolute atomic E-state index is 12.0. The molecule has 1 aliphatic carbocycles. The minimum Gasteiger partial charge on any atom is -0.312 e. The minimum absolute atomic E-state index is 0.0555. The van der Waals surface area contributed by atoms with Crippen molar-refractivity contribution in [3.63, 3.8) is 0 Å². The molecule has 1 aromatic carbocycles. The van der Waals surface area contributed by atoms with Gasteiger partial charge in [-0.25, -0.2) is 4.79 Å². The largest absolute Gasteiger partial charge is 0.367 e. The highest BCUT2D eigenvalue weighted by molar-refractivity contribution is 6.33. The van der Waals surface area contributed by atoms with Crippen molar-refractivity contribution in [1.82, 2.24) is 0 Å². The molecule has 0 radical (unpaired) electrons. The molecule has 0 fully saturated rings. The molecular formula is C17H16ClNO3. The van der Waals surface area contributed by atoms with Crippen LogP contribution in [0.2, 0.25) is 5.02 Å². The maximum atomic E-state index is 12.0. The van der Waals surface area contributed by atoms with Crippen LogP contribution in [0.15, 0.2) is 52.7 Å². The quantitative estimate of drug-likeness (QED) is 0.481. The van der Waals surface area contributed by atoms with Crippen molar-refractivity contribution in [3.05, 3.63) is 58.1 Å². The van der Waals surface area contributed by atoms with Crippen molar-refractivity contribution >= 4 is 29.1 Å². The summed E-state index contributed by atoms with van der Waals surface area (Å²) in [5, 5.41) is 4.20. The number of rotatable bonds is 3. The predicted octanol–water partition coefficient (Wildman–Crippen LogP) is 3.96. The van der Waals surface area contributed by atoms with Gasteiger partial charge in [-0.2, -0.15) is 0 Å². The monoisotopic (exact) mass is 317 g/mol. The van der Waals surface area contributed by atoms with Crippen LogP contribution in [0.4, 0.5) is 0 Å². The zero-order valence-corrected chi connectivity index (χ0v) is 13.3. The second-order valence-electron chi connectivity index (χ2n) is 5.28. The molecule has 0 unspecified atom stereocenters. The fourth-order valence-electron chi connectivity index (χ4n) is 2.00. The lowest BCUT2D eigenvalue weighted by molar-refractivity contribution is -0.111. The van der Waals surface area contributed by atoms with Crippen LogP contribution < -0.4 is 0 Å². The predicted molar refractivity (Wildman–Crippen MR) is 86.0 cm³/mol. The summed E-state index contributed by atoms with van der Waals surface area (Å²) in [5.74, 6) is -0.602. The van der Waals surface area contributed by atoms with Gasteiger partial charge >= 0.3 is 5.97 Å². The summed E-state index contributed by atoms with van der Waals surface area (Å²) >= 11 is 5.94. The van der Waals surface area contributed by atoms with E-state index in [1.807, 2.05) is 13.8 Å². The van der Waals surface area contributed by atoms with Crippen LogP contribution in [-0.2, 0) is 9.63 Å². The number of carbonyl (C=O) groups excluding carboxylic acids is 2. The fraction of sp³-hybridized carbons (Fsp3) is 0.235. The number of oxime groups is 1. The van der Waals surface area contributed by atoms with E-state index in [9.17, 15) is 9.59 Å². The molecule has 0 saturated carbocycles. The Balaban J connectivity index is 2.25. The lowest BCUT2D eigenvalue weighted by Gasteiger charge is -2.15. The second kappa shape index (κ2) is 6.71. The molecule has 5 heteroatoms. The maximum Gasteiger partial charge on any atom is 0.367 e. The van der Waals surface area contributed by atoms with Crippen LogP contribution in [0, 0.1) is 5.92 Å². The Kier molecular flexibility index (Phi) is 4.93. The van der Waals surface area contributed by atoms with Gasteiger partial charge in [0, 0.05) is 0 Å². The summed E-state index contributed by atoms with van der Waals surface area (Å²) in [4.78, 5) is 28.7. The molecule has 0 saturated heterocycles. The highest BCUT2D eigenvalue weighted by atomic mass is 35.5. The molecule has 2 rings (SSSR count). The van der Waals surface area contributed by atoms with E-state index in [2.05, 4.69) is 5.16 Å². The van der Waals surface area contributed by atoms with E-state index in [0.29, 0.717) is 16.3 Å². The lowest BCUT2D eigenvalue weighted by atomic mass is 9.90. The first-order valence-electron chi connectivity index (χ1n) is 6.88. The van der Waals surface area contributed by atoms with Crippen LogP contribution in [0.5, 0.6) is 0 Å². The number of carbonyl (C=O) groups is 2. The molecule has 0 atom stereocenters. The summed E-state index contributed by atoms with van der Waals surface area (Å²) in [5.41, 5.74) is 2.02. The molecule has 0 amide bonds. The molecule has 4 nitrogen and oxygen atoms in total. The lowest BCUT2D eigenvalue weighted by Crippen LogP contribution is -2.16. The standard InChI is InChI=1S/C17H16ClNO3/c1-10(2)13-9-16(20)11(3)8-15(13)19-22-17(21)12-6-4-5-7-14(12)18/h4-10H,1-3H3/b19-15-. The van der Waals surface area contributed by atoms with Gasteiger partial charge in [-0.1, -0.05) is 42.7 Å². The van der Waals surface area contributed by atoms with Crippen LogP contribution in [-0.4, -0.2) is 17.5 Å². The van der Waals surface area contributed by atoms with Crippen molar-refractivity contribution in [2.75, 3.05) is 0 Å². The van der Waals surface area contributed by atoms with Crippen molar-refractivity contribution in [2.45, 2.75) is 20.8 Å². The number of allylic oxidation sites excluding steroid dienone is 4. The van der Waals surface area contributed by atoms with Gasteiger partial charge in [0.05, 0.1) is 10.6 Å². The van der Waals surface area contributed by atoms with Crippen molar-refractivity contribution in [3.8, 4) is 0 Å². The van der Waals surface area contributed by atoms with E-state index in [4.69, 9.17) is 16.4 Å². The molecule has 114 valence electrons. The van der Waals surface area contributed by atoms with Crippen molar-refractivity contribution in [2.24, 2.45) is 11.1 Å². The highest BCUT2D eigenvalue weighted by Crippen LogP contribution is 2.21. The average molecular weight is 318 g/mol. The van der Waals surface area contributed by atoms with Crippen LogP contribution in [0.25, 0.3) is 0 Å². The first-order valence-corrected chi connectivity index (χ1v) is 7.26. The van der Waals surface area contributed by atoms with Crippen LogP contribution >= 0.6 is 11.6 Å².